The Kier molecular flexibility index (Phi) is 19.1. The summed E-state index contributed by atoms with van der Waals surface area (Å²) in [5.41, 5.74) is -0.600. The highest BCUT2D eigenvalue weighted by molar-refractivity contribution is 7.47. The van der Waals surface area contributed by atoms with E-state index in [2.05, 4.69) is 22.0 Å². The first-order chi connectivity index (χ1) is 27.1. The van der Waals surface area contributed by atoms with Crippen LogP contribution in [0.25, 0.3) is 5.52 Å². The third-order valence-electron chi connectivity index (χ3n) is 10.0. The van der Waals surface area contributed by atoms with Gasteiger partial charge in [-0.25, -0.2) is 19.0 Å². The molecule has 1 aliphatic rings. The van der Waals surface area contributed by atoms with Gasteiger partial charge in [0.15, 0.2) is 0 Å². The molecule has 4 rings (SSSR count). The van der Waals surface area contributed by atoms with Crippen molar-refractivity contribution in [2.45, 2.75) is 147 Å². The van der Waals surface area contributed by atoms with E-state index in [9.17, 15) is 30.2 Å². The van der Waals surface area contributed by atoms with Gasteiger partial charge in [-0.05, 0) is 31.5 Å². The molecule has 3 aromatic rings. The Hall–Kier alpha value is -3.50. The van der Waals surface area contributed by atoms with E-state index >= 15 is 0 Å². The van der Waals surface area contributed by atoms with Gasteiger partial charge in [-0.3, -0.25) is 9.05 Å². The highest BCUT2D eigenvalue weighted by Gasteiger charge is 2.58. The van der Waals surface area contributed by atoms with Crippen molar-refractivity contribution in [2.75, 3.05) is 26.4 Å². The number of phosphoric ester groups is 1. The molecule has 0 amide bonds. The van der Waals surface area contributed by atoms with Crippen molar-refractivity contribution in [3.8, 4) is 18.0 Å². The number of phosphoric acid groups is 1. The molecule has 308 valence electrons. The van der Waals surface area contributed by atoms with Crippen molar-refractivity contribution in [1.82, 2.24) is 19.6 Å². The Bertz CT molecular complexity index is 1750. The topological polar surface area (TPSA) is 215 Å². The molecule has 0 aliphatic carbocycles. The Labute approximate surface area is 330 Å². The predicted octanol–water partition coefficient (Wildman–Crippen LogP) is 7.00. The van der Waals surface area contributed by atoms with Gasteiger partial charge in [0.05, 0.1) is 36.7 Å². The average molecular weight is 799 g/mol. The van der Waals surface area contributed by atoms with Crippen molar-refractivity contribution in [3.63, 3.8) is 0 Å². The van der Waals surface area contributed by atoms with Crippen LogP contribution in [-0.2, 0) is 28.7 Å². The van der Waals surface area contributed by atoms with Crippen molar-refractivity contribution >= 4 is 13.3 Å². The molecule has 0 radical (unpaired) electrons. The number of hydrogen-bond acceptors (Lipinski definition) is 13. The number of aliphatic hydroxyl groups is 2. The van der Waals surface area contributed by atoms with Crippen LogP contribution in [0, 0.1) is 29.6 Å². The molecule has 0 aromatic carbocycles. The van der Waals surface area contributed by atoms with E-state index in [1.165, 1.54) is 106 Å². The van der Waals surface area contributed by atoms with E-state index in [0.717, 1.165) is 19.3 Å². The Balaban J connectivity index is 1.18. The van der Waals surface area contributed by atoms with Crippen LogP contribution in [-0.4, -0.2) is 85.5 Å². The SMILES string of the molecule is CCCCCCCCCCCCCCCCCCOC[C@H](COP(=O)(O)OC[C@H]1O[C@@](C#N)(c2ccc3c(C)ncnn23)[C@H](O)[C@@H]1O)Oc1cccc(C#N)n1. The Morgan fingerprint density at radius 2 is 1.55 bits per heavy atom. The smallest absolute Gasteiger partial charge is 0.469 e. The highest BCUT2D eigenvalue weighted by Crippen LogP contribution is 2.46. The minimum absolute atomic E-state index is 0.00678. The van der Waals surface area contributed by atoms with E-state index in [0.29, 0.717) is 17.8 Å². The van der Waals surface area contributed by atoms with Gasteiger partial charge in [-0.2, -0.15) is 15.6 Å². The van der Waals surface area contributed by atoms with Gasteiger partial charge in [0.25, 0.3) is 0 Å². The molecule has 1 aliphatic heterocycles. The van der Waals surface area contributed by atoms with Crippen molar-refractivity contribution in [2.24, 2.45) is 0 Å². The van der Waals surface area contributed by atoms with Gasteiger partial charge >= 0.3 is 7.82 Å². The summed E-state index contributed by atoms with van der Waals surface area (Å²) in [5.74, 6) is 0.111. The molecule has 0 bridgehead atoms. The number of nitriles is 2. The maximum atomic E-state index is 13.0. The molecule has 3 N–H and O–H groups in total. The number of hydrogen-bond donors (Lipinski definition) is 3. The predicted molar refractivity (Wildman–Crippen MR) is 207 cm³/mol. The zero-order valence-corrected chi connectivity index (χ0v) is 33.7. The average Bonchev–Trinajstić information content (AvgIpc) is 3.75. The summed E-state index contributed by atoms with van der Waals surface area (Å²) in [6, 6.07) is 11.7. The summed E-state index contributed by atoms with van der Waals surface area (Å²) in [6.45, 7) is 3.33. The number of pyridine rings is 1. The molecule has 0 spiro atoms. The maximum absolute atomic E-state index is 13.0. The Morgan fingerprint density at radius 1 is 0.911 bits per heavy atom. The number of aliphatic hydroxyl groups excluding tert-OH is 2. The van der Waals surface area contributed by atoms with Gasteiger partial charge < -0.3 is 29.3 Å². The van der Waals surface area contributed by atoms with Crippen LogP contribution in [0.3, 0.4) is 0 Å². The normalized spacial score (nSPS) is 21.1. The fourth-order valence-electron chi connectivity index (χ4n) is 6.83. The molecule has 1 fully saturated rings. The summed E-state index contributed by atoms with van der Waals surface area (Å²) in [7, 11) is -4.79. The van der Waals surface area contributed by atoms with E-state index in [1.54, 1.807) is 25.1 Å². The van der Waals surface area contributed by atoms with E-state index in [1.807, 2.05) is 12.1 Å². The summed E-state index contributed by atoms with van der Waals surface area (Å²) < 4.78 is 42.4. The first-order valence-corrected chi connectivity index (χ1v) is 21.6. The second kappa shape index (κ2) is 23.7. The largest absolute Gasteiger partial charge is 0.472 e. The number of nitrogens with zero attached hydrogens (tertiary/aromatic N) is 6. The van der Waals surface area contributed by atoms with Gasteiger partial charge in [0, 0.05) is 12.7 Å². The monoisotopic (exact) mass is 798 g/mol. The number of unbranched alkanes of at least 4 members (excludes halogenated alkanes) is 15. The van der Waals surface area contributed by atoms with Gasteiger partial charge in [0.1, 0.15) is 48.6 Å². The van der Waals surface area contributed by atoms with Gasteiger partial charge in [0.2, 0.25) is 11.5 Å². The molecular formula is C40H59N6O9P. The van der Waals surface area contributed by atoms with Crippen molar-refractivity contribution < 1.29 is 42.9 Å². The highest BCUT2D eigenvalue weighted by atomic mass is 31.2. The summed E-state index contributed by atoms with van der Waals surface area (Å²) in [4.78, 5) is 18.8. The summed E-state index contributed by atoms with van der Waals surface area (Å²) in [5, 5.41) is 45.4. The first-order valence-electron chi connectivity index (χ1n) is 20.1. The van der Waals surface area contributed by atoms with Crippen LogP contribution in [0.5, 0.6) is 5.88 Å². The van der Waals surface area contributed by atoms with Crippen LogP contribution in [0.15, 0.2) is 36.7 Å². The van der Waals surface area contributed by atoms with Gasteiger partial charge in [-0.15, -0.1) is 0 Å². The zero-order chi connectivity index (χ0) is 40.2. The fourth-order valence-corrected chi connectivity index (χ4v) is 7.60. The standard InChI is InChI=1S/C40H59N6O9P/c1-3-4-5-6-7-8-9-10-11-12-13-14-15-16-17-18-24-51-26-33(54-37-21-19-20-32(25-41)45-37)27-52-56(49,50)53-28-35-38(47)39(48)40(29-42,55-35)36-23-22-34-31(2)43-30-44-46(34)36/h19-23,30,33,35,38-39,47-48H,3-18,24,26-28H2,1-2H3,(H,49,50)/t33-,35-,38-,39-,40+/m1/s1. The number of rotatable bonds is 28. The lowest BCUT2D eigenvalue weighted by atomic mass is 9.92. The number of aryl methyl sites for hydroxylation is 1. The second-order valence-electron chi connectivity index (χ2n) is 14.5. The molecular weight excluding hydrogens is 739 g/mol. The third kappa shape index (κ3) is 13.6. The molecule has 16 heteroatoms. The van der Waals surface area contributed by atoms with Gasteiger partial charge in [-0.1, -0.05) is 109 Å². The van der Waals surface area contributed by atoms with Crippen LogP contribution in [0.1, 0.15) is 127 Å². The molecule has 1 saturated heterocycles. The first kappa shape index (κ1) is 45.2. The quantitative estimate of drug-likeness (QED) is 0.0498. The molecule has 3 aromatic heterocycles. The molecule has 1 unspecified atom stereocenters. The molecule has 0 saturated carbocycles. The lowest BCUT2D eigenvalue weighted by Crippen LogP contribution is -2.41. The number of ether oxygens (including phenoxy) is 3. The summed E-state index contributed by atoms with van der Waals surface area (Å²) in [6.07, 6.45) is 15.9. The minimum Gasteiger partial charge on any atom is -0.469 e. The minimum atomic E-state index is -4.79. The molecule has 6 atom stereocenters. The van der Waals surface area contributed by atoms with Crippen molar-refractivity contribution in [3.05, 3.63) is 53.7 Å². The van der Waals surface area contributed by atoms with Crippen LogP contribution >= 0.6 is 7.82 Å². The van der Waals surface area contributed by atoms with E-state index in [4.69, 9.17) is 23.3 Å². The van der Waals surface area contributed by atoms with E-state index < -0.39 is 51.1 Å². The lowest BCUT2D eigenvalue weighted by Gasteiger charge is -2.24. The molecule has 56 heavy (non-hydrogen) atoms. The molecule has 4 heterocycles. The van der Waals surface area contributed by atoms with Crippen LogP contribution < -0.4 is 4.74 Å². The van der Waals surface area contributed by atoms with Crippen molar-refractivity contribution in [1.29, 1.82) is 10.5 Å². The van der Waals surface area contributed by atoms with E-state index in [-0.39, 0.29) is 23.9 Å². The third-order valence-corrected chi connectivity index (χ3v) is 11.0. The maximum Gasteiger partial charge on any atom is 0.472 e. The molecule has 15 nitrogen and oxygen atoms in total. The number of fused-ring (bicyclic) bond motifs is 1. The van der Waals surface area contributed by atoms with Crippen LogP contribution in [0.2, 0.25) is 0 Å². The summed E-state index contributed by atoms with van der Waals surface area (Å²) >= 11 is 0. The van der Waals surface area contributed by atoms with Crippen LogP contribution in [0.4, 0.5) is 0 Å². The Morgan fingerprint density at radius 3 is 2.18 bits per heavy atom. The second-order valence-corrected chi connectivity index (χ2v) is 15.9. The fraction of sp³-hybridized carbons (Fsp3) is 0.675. The lowest BCUT2D eigenvalue weighted by molar-refractivity contribution is -0.0652. The zero-order valence-electron chi connectivity index (χ0n) is 32.8. The number of aromatic nitrogens is 4.